The normalized spacial score (nSPS) is 9.83. The number of aromatic carboxylic acids is 1. The zero-order valence-corrected chi connectivity index (χ0v) is 6.74. The highest BCUT2D eigenvalue weighted by Crippen LogP contribution is 1.98. The zero-order valence-electron chi connectivity index (χ0n) is 6.74. The van der Waals surface area contributed by atoms with Gasteiger partial charge >= 0.3 is 5.97 Å². The summed E-state index contributed by atoms with van der Waals surface area (Å²) in [7, 11) is 1.41. The third kappa shape index (κ3) is 1.34. The van der Waals surface area contributed by atoms with Crippen LogP contribution < -0.4 is 5.56 Å². The van der Waals surface area contributed by atoms with E-state index < -0.39 is 5.97 Å². The average Bonchev–Trinajstić information content (AvgIpc) is 1.96. The van der Waals surface area contributed by atoms with Crippen LogP contribution in [0.1, 0.15) is 16.1 Å². The number of carboxylic acid groups (broad SMARTS) is 1. The lowest BCUT2D eigenvalue weighted by Crippen LogP contribution is -2.22. The van der Waals surface area contributed by atoms with Crippen LogP contribution in [0.2, 0.25) is 0 Å². The predicted molar refractivity (Wildman–Crippen MR) is 41.2 cm³/mol. The maximum absolute atomic E-state index is 10.9. The van der Waals surface area contributed by atoms with Gasteiger partial charge < -0.3 is 5.11 Å². The smallest absolute Gasteiger partial charge is 0.356 e. The second-order valence-corrected chi connectivity index (χ2v) is 2.44. The van der Waals surface area contributed by atoms with Gasteiger partial charge in [0.05, 0.1) is 0 Å². The number of carboxylic acids is 1. The van der Waals surface area contributed by atoms with Crippen molar-refractivity contribution >= 4 is 5.97 Å². The first-order chi connectivity index (χ1) is 5.52. The van der Waals surface area contributed by atoms with Crippen molar-refractivity contribution in [1.29, 1.82) is 0 Å². The van der Waals surface area contributed by atoms with E-state index in [9.17, 15) is 9.59 Å². The second-order valence-electron chi connectivity index (χ2n) is 2.44. The van der Waals surface area contributed by atoms with Gasteiger partial charge in [-0.2, -0.15) is 5.10 Å². The second kappa shape index (κ2) is 2.77. The Morgan fingerprint density at radius 1 is 1.67 bits per heavy atom. The summed E-state index contributed by atoms with van der Waals surface area (Å²) >= 11 is 0. The summed E-state index contributed by atoms with van der Waals surface area (Å²) in [6, 6.07) is 1.25. The molecule has 0 saturated heterocycles. The topological polar surface area (TPSA) is 72.2 Å². The number of nitrogens with zero attached hydrogens (tertiary/aromatic N) is 2. The molecule has 0 aromatic carbocycles. The predicted octanol–water partition coefficient (Wildman–Crippen LogP) is -0.213. The van der Waals surface area contributed by atoms with Gasteiger partial charge in [0.2, 0.25) is 0 Å². The number of aromatic nitrogens is 2. The molecule has 5 nitrogen and oxygen atoms in total. The first-order valence-corrected chi connectivity index (χ1v) is 3.30. The summed E-state index contributed by atoms with van der Waals surface area (Å²) in [6.07, 6.45) is 0. The van der Waals surface area contributed by atoms with Crippen molar-refractivity contribution in [2.24, 2.45) is 7.05 Å². The molecule has 64 valence electrons. The number of hydrogen-bond donors (Lipinski definition) is 1. The van der Waals surface area contributed by atoms with Gasteiger partial charge in [-0.1, -0.05) is 0 Å². The van der Waals surface area contributed by atoms with Gasteiger partial charge in [0, 0.05) is 13.1 Å². The Bertz CT molecular complexity index is 381. The zero-order chi connectivity index (χ0) is 9.30. The van der Waals surface area contributed by atoms with Crippen LogP contribution in [0.15, 0.2) is 10.9 Å². The van der Waals surface area contributed by atoms with E-state index in [-0.39, 0.29) is 11.3 Å². The third-order valence-electron chi connectivity index (χ3n) is 1.49. The molecule has 0 radical (unpaired) electrons. The summed E-state index contributed by atoms with van der Waals surface area (Å²) in [5.74, 6) is -1.12. The van der Waals surface area contributed by atoms with E-state index in [4.69, 9.17) is 5.11 Å². The van der Waals surface area contributed by atoms with Gasteiger partial charge in [-0.3, -0.25) is 4.79 Å². The van der Waals surface area contributed by atoms with Gasteiger partial charge in [0.15, 0.2) is 5.69 Å². The first kappa shape index (κ1) is 8.45. The van der Waals surface area contributed by atoms with Crippen molar-refractivity contribution in [3.63, 3.8) is 0 Å². The molecule has 1 aromatic heterocycles. The SMILES string of the molecule is Cc1cc(=O)n(C)nc1C(=O)O. The van der Waals surface area contributed by atoms with Crippen LogP contribution >= 0.6 is 0 Å². The molecular formula is C7H8N2O3. The van der Waals surface area contributed by atoms with E-state index in [2.05, 4.69) is 5.10 Å². The van der Waals surface area contributed by atoms with Crippen molar-refractivity contribution in [2.75, 3.05) is 0 Å². The van der Waals surface area contributed by atoms with Crippen LogP contribution in [0, 0.1) is 6.92 Å². The molecule has 0 aliphatic carbocycles. The number of aryl methyl sites for hydroxylation is 2. The average molecular weight is 168 g/mol. The highest BCUT2D eigenvalue weighted by Gasteiger charge is 2.09. The van der Waals surface area contributed by atoms with Crippen LogP contribution in [0.3, 0.4) is 0 Å². The summed E-state index contributed by atoms with van der Waals surface area (Å²) < 4.78 is 0.996. The van der Waals surface area contributed by atoms with Gasteiger partial charge in [-0.15, -0.1) is 0 Å². The molecule has 0 aliphatic heterocycles. The van der Waals surface area contributed by atoms with Crippen LogP contribution in [-0.4, -0.2) is 20.9 Å². The maximum atomic E-state index is 10.9. The van der Waals surface area contributed by atoms with Crippen molar-refractivity contribution in [2.45, 2.75) is 6.92 Å². The fraction of sp³-hybridized carbons (Fsp3) is 0.286. The molecule has 0 fully saturated rings. The Morgan fingerprint density at radius 2 is 2.25 bits per heavy atom. The summed E-state index contributed by atoms with van der Waals surface area (Å²) in [6.45, 7) is 1.54. The van der Waals surface area contributed by atoms with Gasteiger partial charge in [-0.05, 0) is 12.5 Å². The van der Waals surface area contributed by atoms with Crippen LogP contribution in [0.5, 0.6) is 0 Å². The van der Waals surface area contributed by atoms with E-state index in [0.717, 1.165) is 4.68 Å². The van der Waals surface area contributed by atoms with E-state index >= 15 is 0 Å². The minimum atomic E-state index is -1.12. The molecule has 1 heterocycles. The molecule has 0 spiro atoms. The lowest BCUT2D eigenvalue weighted by molar-refractivity contribution is 0.0686. The molecule has 1 rings (SSSR count). The summed E-state index contributed by atoms with van der Waals surface area (Å²) in [5.41, 5.74) is -0.0137. The van der Waals surface area contributed by atoms with Gasteiger partial charge in [0.1, 0.15) is 0 Å². The van der Waals surface area contributed by atoms with Crippen LogP contribution in [0.4, 0.5) is 0 Å². The highest BCUT2D eigenvalue weighted by molar-refractivity contribution is 5.86. The molecule has 1 N–H and O–H groups in total. The number of carbonyl (C=O) groups is 1. The minimum absolute atomic E-state index is 0.0860. The lowest BCUT2D eigenvalue weighted by atomic mass is 10.2. The van der Waals surface area contributed by atoms with E-state index in [1.807, 2.05) is 0 Å². The largest absolute Gasteiger partial charge is 0.476 e. The molecular weight excluding hydrogens is 160 g/mol. The van der Waals surface area contributed by atoms with Crippen molar-refractivity contribution in [1.82, 2.24) is 9.78 Å². The highest BCUT2D eigenvalue weighted by atomic mass is 16.4. The molecule has 12 heavy (non-hydrogen) atoms. The molecule has 0 aliphatic rings. The summed E-state index contributed by atoms with van der Waals surface area (Å²) in [5, 5.41) is 12.2. The Kier molecular flexibility index (Phi) is 1.95. The van der Waals surface area contributed by atoms with E-state index in [1.165, 1.54) is 20.0 Å². The Balaban J connectivity index is 3.43. The minimum Gasteiger partial charge on any atom is -0.476 e. The Labute approximate surface area is 68.3 Å². The number of rotatable bonds is 1. The van der Waals surface area contributed by atoms with Gasteiger partial charge in [-0.25, -0.2) is 9.48 Å². The van der Waals surface area contributed by atoms with Crippen molar-refractivity contribution in [3.8, 4) is 0 Å². The standard InChI is InChI=1S/C7H8N2O3/c1-4-3-5(10)9(2)8-6(4)7(11)12/h3H,1-2H3,(H,11,12). The molecule has 5 heteroatoms. The van der Waals surface area contributed by atoms with Gasteiger partial charge in [0.25, 0.3) is 5.56 Å². The maximum Gasteiger partial charge on any atom is 0.356 e. The molecule has 0 atom stereocenters. The quantitative estimate of drug-likeness (QED) is 0.629. The Morgan fingerprint density at radius 3 is 2.75 bits per heavy atom. The first-order valence-electron chi connectivity index (χ1n) is 3.30. The monoisotopic (exact) mass is 168 g/mol. The molecule has 0 unspecified atom stereocenters. The van der Waals surface area contributed by atoms with Crippen molar-refractivity contribution in [3.05, 3.63) is 27.7 Å². The molecule has 0 bridgehead atoms. The summed E-state index contributed by atoms with van der Waals surface area (Å²) in [4.78, 5) is 21.4. The van der Waals surface area contributed by atoms with E-state index in [0.29, 0.717) is 5.56 Å². The fourth-order valence-electron chi connectivity index (χ4n) is 0.837. The molecule has 0 saturated carbocycles. The lowest BCUT2D eigenvalue weighted by Gasteiger charge is -2.00. The van der Waals surface area contributed by atoms with Crippen LogP contribution in [0.25, 0.3) is 0 Å². The van der Waals surface area contributed by atoms with Crippen LogP contribution in [-0.2, 0) is 7.05 Å². The Hall–Kier alpha value is -1.65. The molecule has 0 amide bonds. The third-order valence-corrected chi connectivity index (χ3v) is 1.49. The van der Waals surface area contributed by atoms with Crippen molar-refractivity contribution < 1.29 is 9.90 Å². The molecule has 1 aromatic rings. The fourth-order valence-corrected chi connectivity index (χ4v) is 0.837. The van der Waals surface area contributed by atoms with E-state index in [1.54, 1.807) is 0 Å². The number of hydrogen-bond acceptors (Lipinski definition) is 3.